The van der Waals surface area contributed by atoms with Crippen molar-refractivity contribution in [1.82, 2.24) is 9.80 Å². The van der Waals surface area contributed by atoms with E-state index in [1.54, 1.807) is 39.5 Å². The van der Waals surface area contributed by atoms with Crippen LogP contribution in [0.3, 0.4) is 0 Å². The lowest BCUT2D eigenvalue weighted by molar-refractivity contribution is 0.214. The average Bonchev–Trinajstić information content (AvgIpc) is 3.27. The number of methoxy groups -OCH3 is 3. The minimum atomic E-state index is -0.174. The molecule has 2 aliphatic rings. The summed E-state index contributed by atoms with van der Waals surface area (Å²) in [5, 5.41) is 2.98. The number of hydrogen-bond donors (Lipinski definition) is 1. The van der Waals surface area contributed by atoms with Gasteiger partial charge in [-0.3, -0.25) is 0 Å². The van der Waals surface area contributed by atoms with Gasteiger partial charge in [-0.2, -0.15) is 0 Å². The second-order valence-corrected chi connectivity index (χ2v) is 8.69. The number of rotatable bonds is 4. The van der Waals surface area contributed by atoms with E-state index in [0.717, 1.165) is 30.1 Å². The van der Waals surface area contributed by atoms with Crippen LogP contribution in [-0.4, -0.2) is 69.2 Å². The molecule has 192 valence electrons. The molecule has 0 bridgehead atoms. The number of para-hydroxylation sites is 2. The second-order valence-electron chi connectivity index (χ2n) is 8.69. The molecule has 9 nitrogen and oxygen atoms in total. The molecule has 1 saturated heterocycles. The third-order valence-corrected chi connectivity index (χ3v) is 6.47. The van der Waals surface area contributed by atoms with Crippen LogP contribution in [0.1, 0.15) is 12.0 Å². The Morgan fingerprint density at radius 3 is 2.46 bits per heavy atom. The molecule has 0 aromatic heterocycles. The number of carbonyl (C=O) groups excluding carboxylic acids is 1. The Hall–Kier alpha value is -4.40. The van der Waals surface area contributed by atoms with E-state index >= 15 is 0 Å². The zero-order chi connectivity index (χ0) is 25.8. The fraction of sp³-hybridized carbons (Fsp3) is 0.286. The van der Waals surface area contributed by atoms with Gasteiger partial charge in [-0.15, -0.1) is 0 Å². The van der Waals surface area contributed by atoms with Crippen LogP contribution in [0.15, 0.2) is 65.7 Å². The van der Waals surface area contributed by atoms with E-state index in [0.29, 0.717) is 54.1 Å². The average molecular weight is 503 g/mol. The number of amides is 2. The molecule has 0 atom stereocenters. The molecule has 3 aromatic carbocycles. The molecule has 3 aromatic rings. The van der Waals surface area contributed by atoms with Gasteiger partial charge in [0.25, 0.3) is 0 Å². The largest absolute Gasteiger partial charge is 0.497 e. The first-order valence-corrected chi connectivity index (χ1v) is 12.2. The maximum Gasteiger partial charge on any atom is 0.322 e. The van der Waals surface area contributed by atoms with E-state index in [1.807, 2.05) is 47.4 Å². The van der Waals surface area contributed by atoms with E-state index in [9.17, 15) is 4.79 Å². The minimum absolute atomic E-state index is 0.174. The molecule has 0 saturated carbocycles. The maximum absolute atomic E-state index is 13.2. The lowest BCUT2D eigenvalue weighted by Crippen LogP contribution is -2.39. The Labute approximate surface area is 216 Å². The molecule has 0 radical (unpaired) electrons. The number of amidine groups is 1. The van der Waals surface area contributed by atoms with Gasteiger partial charge in [0.05, 0.1) is 32.6 Å². The van der Waals surface area contributed by atoms with Crippen LogP contribution < -0.4 is 24.3 Å². The van der Waals surface area contributed by atoms with Crippen molar-refractivity contribution in [2.45, 2.75) is 6.42 Å². The van der Waals surface area contributed by atoms with E-state index in [4.69, 9.17) is 23.9 Å². The number of carbonyl (C=O) groups is 1. The summed E-state index contributed by atoms with van der Waals surface area (Å²) in [5.74, 6) is 4.12. The predicted octanol–water partition coefficient (Wildman–Crippen LogP) is 5.14. The molecule has 37 heavy (non-hydrogen) atoms. The highest BCUT2D eigenvalue weighted by atomic mass is 16.5. The van der Waals surface area contributed by atoms with Crippen LogP contribution >= 0.6 is 0 Å². The molecule has 2 amide bonds. The van der Waals surface area contributed by atoms with Crippen LogP contribution in [0.4, 0.5) is 16.2 Å². The zero-order valence-corrected chi connectivity index (χ0v) is 21.2. The Balaban J connectivity index is 1.36. The fourth-order valence-electron chi connectivity index (χ4n) is 4.50. The van der Waals surface area contributed by atoms with Crippen molar-refractivity contribution in [1.29, 1.82) is 0 Å². The maximum atomic E-state index is 13.2. The van der Waals surface area contributed by atoms with Gasteiger partial charge in [0, 0.05) is 38.3 Å². The standard InChI is InChI=1S/C28H30N4O5/c1-34-19-9-11-21-25(17-19)37-24-8-5-4-7-22(24)29-27(21)31-13-6-14-32(16-15-31)28(33)30-23-12-10-20(35-2)18-26(23)36-3/h4-5,7-12,17-18H,6,13-16H2,1-3H3,(H,30,33). The normalized spacial score (nSPS) is 14.7. The number of urea groups is 1. The smallest absolute Gasteiger partial charge is 0.322 e. The van der Waals surface area contributed by atoms with Crippen molar-refractivity contribution in [2.75, 3.05) is 52.8 Å². The summed E-state index contributed by atoms with van der Waals surface area (Å²) < 4.78 is 22.4. The van der Waals surface area contributed by atoms with Crippen molar-refractivity contribution in [3.05, 3.63) is 66.2 Å². The Kier molecular flexibility index (Phi) is 7.02. The van der Waals surface area contributed by atoms with Crippen molar-refractivity contribution in [3.8, 4) is 28.7 Å². The van der Waals surface area contributed by atoms with Crippen molar-refractivity contribution in [3.63, 3.8) is 0 Å². The lowest BCUT2D eigenvalue weighted by atomic mass is 10.1. The van der Waals surface area contributed by atoms with Gasteiger partial charge in [-0.1, -0.05) is 12.1 Å². The van der Waals surface area contributed by atoms with Crippen LogP contribution in [0, 0.1) is 0 Å². The fourth-order valence-corrected chi connectivity index (χ4v) is 4.50. The van der Waals surface area contributed by atoms with Crippen molar-refractivity contribution in [2.24, 2.45) is 4.99 Å². The first-order valence-electron chi connectivity index (χ1n) is 12.2. The molecule has 2 heterocycles. The van der Waals surface area contributed by atoms with Crippen molar-refractivity contribution < 1.29 is 23.7 Å². The highest BCUT2D eigenvalue weighted by Crippen LogP contribution is 2.39. The highest BCUT2D eigenvalue weighted by Gasteiger charge is 2.27. The first kappa shape index (κ1) is 24.3. The number of hydrogen-bond acceptors (Lipinski definition) is 7. The van der Waals surface area contributed by atoms with E-state index in [1.165, 1.54) is 0 Å². The molecule has 5 rings (SSSR count). The topological polar surface area (TPSA) is 84.9 Å². The van der Waals surface area contributed by atoms with Gasteiger partial charge in [0.1, 0.15) is 34.5 Å². The number of aliphatic imine (C=N–C) groups is 1. The first-order chi connectivity index (χ1) is 18.1. The van der Waals surface area contributed by atoms with Gasteiger partial charge in [0.2, 0.25) is 0 Å². The Bertz CT molecular complexity index is 1330. The van der Waals surface area contributed by atoms with Gasteiger partial charge in [-0.25, -0.2) is 9.79 Å². The minimum Gasteiger partial charge on any atom is -0.497 e. The molecule has 0 aliphatic carbocycles. The van der Waals surface area contributed by atoms with E-state index in [-0.39, 0.29) is 6.03 Å². The number of fused-ring (bicyclic) bond motifs is 2. The summed E-state index contributed by atoms with van der Waals surface area (Å²) in [4.78, 5) is 22.2. The Morgan fingerprint density at radius 2 is 1.65 bits per heavy atom. The number of benzene rings is 3. The summed E-state index contributed by atoms with van der Waals surface area (Å²) in [6, 6.07) is 18.6. The Morgan fingerprint density at radius 1 is 0.865 bits per heavy atom. The molecule has 1 N–H and O–H groups in total. The lowest BCUT2D eigenvalue weighted by Gasteiger charge is -2.25. The molecular weight excluding hydrogens is 472 g/mol. The molecule has 0 spiro atoms. The molecule has 2 aliphatic heterocycles. The van der Waals surface area contributed by atoms with E-state index in [2.05, 4.69) is 10.2 Å². The summed E-state index contributed by atoms with van der Waals surface area (Å²) in [6.45, 7) is 2.54. The van der Waals surface area contributed by atoms with Gasteiger partial charge in [-0.05, 0) is 42.8 Å². The number of nitrogens with zero attached hydrogens (tertiary/aromatic N) is 3. The number of ether oxygens (including phenoxy) is 4. The van der Waals surface area contributed by atoms with Gasteiger partial charge >= 0.3 is 6.03 Å². The quantitative estimate of drug-likeness (QED) is 0.532. The van der Waals surface area contributed by atoms with Crippen LogP contribution in [0.2, 0.25) is 0 Å². The summed E-state index contributed by atoms with van der Waals surface area (Å²) in [7, 11) is 4.79. The van der Waals surface area contributed by atoms with Crippen molar-refractivity contribution >= 4 is 23.2 Å². The number of anilines is 1. The third kappa shape index (κ3) is 5.11. The highest BCUT2D eigenvalue weighted by molar-refractivity contribution is 6.04. The summed E-state index contributed by atoms with van der Waals surface area (Å²) in [5.41, 5.74) is 2.25. The molecule has 0 unspecified atom stereocenters. The summed E-state index contributed by atoms with van der Waals surface area (Å²) in [6.07, 6.45) is 0.792. The van der Waals surface area contributed by atoms with Gasteiger partial charge in [0.15, 0.2) is 5.75 Å². The number of nitrogens with one attached hydrogen (secondary N) is 1. The SMILES string of the molecule is COc1ccc(NC(=O)N2CCCN(C3=Nc4ccccc4Oc4cc(OC)ccc43)CC2)c(OC)c1. The van der Waals surface area contributed by atoms with Crippen LogP contribution in [0.5, 0.6) is 28.7 Å². The van der Waals surface area contributed by atoms with Gasteiger partial charge < -0.3 is 34.1 Å². The summed E-state index contributed by atoms with van der Waals surface area (Å²) >= 11 is 0. The zero-order valence-electron chi connectivity index (χ0n) is 21.2. The molecular formula is C28H30N4O5. The molecule has 9 heteroatoms. The second kappa shape index (κ2) is 10.7. The predicted molar refractivity (Wildman–Crippen MR) is 142 cm³/mol. The van der Waals surface area contributed by atoms with Crippen LogP contribution in [-0.2, 0) is 0 Å². The van der Waals surface area contributed by atoms with Crippen LogP contribution in [0.25, 0.3) is 0 Å². The third-order valence-electron chi connectivity index (χ3n) is 6.47. The van der Waals surface area contributed by atoms with E-state index < -0.39 is 0 Å². The molecule has 1 fully saturated rings. The monoisotopic (exact) mass is 502 g/mol.